The fourth-order valence-corrected chi connectivity index (χ4v) is 2.67. The van der Waals surface area contributed by atoms with Crippen LogP contribution >= 0.6 is 0 Å². The molecule has 0 aromatic rings. The van der Waals surface area contributed by atoms with Crippen LogP contribution in [0.3, 0.4) is 0 Å². The normalized spacial score (nSPS) is 29.7. The number of aliphatic hydroxyl groups is 2. The third-order valence-electron chi connectivity index (χ3n) is 2.84. The van der Waals surface area contributed by atoms with E-state index in [-0.39, 0.29) is 71.6 Å². The minimum Gasteiger partial charge on any atom is -0.726 e. The van der Waals surface area contributed by atoms with Crippen molar-refractivity contribution in [3.05, 3.63) is 0 Å². The summed E-state index contributed by atoms with van der Waals surface area (Å²) in [7, 11) is -10.4. The molecule has 144 valence electrons. The van der Waals surface area contributed by atoms with Crippen LogP contribution in [0.5, 0.6) is 0 Å². The van der Waals surface area contributed by atoms with Crippen molar-refractivity contribution < 1.29 is 113 Å². The van der Waals surface area contributed by atoms with Gasteiger partial charge in [-0.3, -0.25) is 8.37 Å². The zero-order valence-corrected chi connectivity index (χ0v) is 20.3. The molecule has 0 radical (unpaired) electrons. The maximum Gasteiger partial charge on any atom is 1.00 e. The van der Waals surface area contributed by atoms with Crippen molar-refractivity contribution in [1.82, 2.24) is 0 Å². The number of rotatable bonds is 8. The molecule has 5 atom stereocenters. The molecule has 16 heteroatoms. The van der Waals surface area contributed by atoms with E-state index in [0.717, 1.165) is 0 Å². The van der Waals surface area contributed by atoms with Crippen LogP contribution in [0.4, 0.5) is 0 Å². The Kier molecular flexibility index (Phi) is 14.1. The summed E-state index contributed by atoms with van der Waals surface area (Å²) >= 11 is 0. The molecule has 0 aromatic carbocycles. The molecular weight excluding hydrogens is 422 g/mol. The van der Waals surface area contributed by atoms with Crippen LogP contribution in [0.2, 0.25) is 0 Å². The number of ether oxygens (including phenoxy) is 2. The average Bonchev–Trinajstić information content (AvgIpc) is 2.39. The smallest absolute Gasteiger partial charge is 0.726 e. The zero-order chi connectivity index (χ0) is 18.7. The number of hydrogen-bond donors (Lipinski definition) is 2. The van der Waals surface area contributed by atoms with Gasteiger partial charge >= 0.3 is 59.1 Å². The van der Waals surface area contributed by atoms with E-state index in [2.05, 4.69) is 8.37 Å². The second-order valence-electron chi connectivity index (χ2n) is 5.41. The minimum atomic E-state index is -5.31. The van der Waals surface area contributed by atoms with E-state index in [1.165, 1.54) is 0 Å². The molecule has 1 heterocycles. The van der Waals surface area contributed by atoms with Crippen LogP contribution in [-0.2, 0) is 38.6 Å². The van der Waals surface area contributed by atoms with Crippen LogP contribution < -0.4 is 59.1 Å². The molecule has 1 rings (SSSR count). The Morgan fingerprint density at radius 3 is 2.00 bits per heavy atom. The van der Waals surface area contributed by atoms with Crippen molar-refractivity contribution in [3.63, 3.8) is 0 Å². The summed E-state index contributed by atoms with van der Waals surface area (Å²) in [6, 6.07) is 0. The number of hydrogen-bond acceptors (Lipinski definition) is 12. The Hall–Kier alpha value is 1.58. The van der Waals surface area contributed by atoms with E-state index in [9.17, 15) is 36.2 Å². The number of aliphatic hydroxyl groups excluding tert-OH is 2. The summed E-state index contributed by atoms with van der Waals surface area (Å²) in [6.07, 6.45) is -9.01. The molecule has 0 amide bonds. The standard InChI is InChI=1S/C10H20O12S2.2Na/c1-5(2)3-19-10-8(12)9(22-24(16,17)18)7(11)6(21-10)4-20-23(13,14)15;;/h5-12H,3-4H2,1-2H3,(H,13,14,15)(H,16,17,18);;/q;2*+1/p-2/t6-,7+,8-,9+,10-;;/m1../s1. The van der Waals surface area contributed by atoms with Gasteiger partial charge in [-0.05, 0) is 5.92 Å². The van der Waals surface area contributed by atoms with Gasteiger partial charge in [0.05, 0.1) is 13.2 Å². The van der Waals surface area contributed by atoms with Crippen LogP contribution in [0.1, 0.15) is 13.8 Å². The van der Waals surface area contributed by atoms with E-state index in [0.29, 0.717) is 0 Å². The van der Waals surface area contributed by atoms with Gasteiger partial charge in [0.25, 0.3) is 0 Å². The third kappa shape index (κ3) is 10.9. The van der Waals surface area contributed by atoms with Crippen LogP contribution in [0, 0.1) is 5.92 Å². The predicted octanol–water partition coefficient (Wildman–Crippen LogP) is -8.56. The van der Waals surface area contributed by atoms with Crippen molar-refractivity contribution >= 4 is 20.8 Å². The first-order valence-electron chi connectivity index (χ1n) is 6.67. The fourth-order valence-electron chi connectivity index (χ4n) is 1.87. The Morgan fingerprint density at radius 1 is 1.04 bits per heavy atom. The van der Waals surface area contributed by atoms with Crippen molar-refractivity contribution in [2.75, 3.05) is 13.2 Å². The first-order chi connectivity index (χ1) is 10.8. The van der Waals surface area contributed by atoms with Gasteiger partial charge in [-0.15, -0.1) is 0 Å². The van der Waals surface area contributed by atoms with E-state index in [1.54, 1.807) is 13.8 Å². The Bertz CT molecular complexity index is 610. The van der Waals surface area contributed by atoms with Gasteiger partial charge in [0, 0.05) is 0 Å². The van der Waals surface area contributed by atoms with Gasteiger partial charge in [0.15, 0.2) is 6.29 Å². The molecule has 1 fully saturated rings. The zero-order valence-electron chi connectivity index (χ0n) is 14.7. The molecule has 1 saturated heterocycles. The molecule has 2 N–H and O–H groups in total. The Labute approximate surface area is 196 Å². The second-order valence-corrected chi connectivity index (χ2v) is 7.47. The first kappa shape index (κ1) is 29.8. The van der Waals surface area contributed by atoms with Gasteiger partial charge in [0.2, 0.25) is 20.8 Å². The van der Waals surface area contributed by atoms with Crippen molar-refractivity contribution in [3.8, 4) is 0 Å². The molecule has 1 aliphatic heterocycles. The molecule has 0 spiro atoms. The molecule has 0 aliphatic carbocycles. The third-order valence-corrected chi connectivity index (χ3v) is 3.72. The maximum absolute atomic E-state index is 10.7. The van der Waals surface area contributed by atoms with Crippen LogP contribution in [0.25, 0.3) is 0 Å². The molecule has 0 aromatic heterocycles. The molecule has 0 unspecified atom stereocenters. The first-order valence-corrected chi connectivity index (χ1v) is 9.34. The Balaban J connectivity index is 0. The summed E-state index contributed by atoms with van der Waals surface area (Å²) < 4.78 is 81.9. The predicted molar refractivity (Wildman–Crippen MR) is 71.7 cm³/mol. The minimum absolute atomic E-state index is 0. The van der Waals surface area contributed by atoms with Gasteiger partial charge in [-0.1, -0.05) is 13.8 Å². The van der Waals surface area contributed by atoms with Gasteiger partial charge in [0.1, 0.15) is 24.4 Å². The summed E-state index contributed by atoms with van der Waals surface area (Å²) in [5, 5.41) is 19.9. The summed E-state index contributed by atoms with van der Waals surface area (Å²) in [5.74, 6) is -0.0213. The molecule has 0 saturated carbocycles. The largest absolute Gasteiger partial charge is 1.00 e. The maximum atomic E-state index is 10.7. The van der Waals surface area contributed by atoms with Gasteiger partial charge in [-0.25, -0.2) is 16.8 Å². The second kappa shape index (κ2) is 12.3. The monoisotopic (exact) mass is 440 g/mol. The van der Waals surface area contributed by atoms with Crippen molar-refractivity contribution in [2.24, 2.45) is 5.92 Å². The van der Waals surface area contributed by atoms with E-state index in [1.807, 2.05) is 0 Å². The quantitative estimate of drug-likeness (QED) is 0.206. The summed E-state index contributed by atoms with van der Waals surface area (Å²) in [4.78, 5) is 0. The van der Waals surface area contributed by atoms with Gasteiger partial charge in [-0.2, -0.15) is 0 Å². The average molecular weight is 440 g/mol. The SMILES string of the molecule is CC(C)CO[C@@H]1O[C@H](COS(=O)(=O)[O-])[C@H](O)[C@H](OS(=O)(=O)[O-])[C@H]1O.[Na+].[Na+]. The van der Waals surface area contributed by atoms with Crippen LogP contribution in [-0.4, -0.2) is 80.1 Å². The fraction of sp³-hybridized carbons (Fsp3) is 1.00. The van der Waals surface area contributed by atoms with Crippen LogP contribution in [0.15, 0.2) is 0 Å². The van der Waals surface area contributed by atoms with E-state index in [4.69, 9.17) is 9.47 Å². The molecular formula is C10H18Na2O12S2. The Morgan fingerprint density at radius 2 is 1.58 bits per heavy atom. The molecule has 0 bridgehead atoms. The molecule has 1 aliphatic rings. The molecule has 12 nitrogen and oxygen atoms in total. The summed E-state index contributed by atoms with van der Waals surface area (Å²) in [5.41, 5.74) is 0. The topological polar surface area (TPSA) is 192 Å². The van der Waals surface area contributed by atoms with E-state index < -0.39 is 58.1 Å². The van der Waals surface area contributed by atoms with E-state index >= 15 is 0 Å². The molecule has 26 heavy (non-hydrogen) atoms. The van der Waals surface area contributed by atoms with Crippen molar-refractivity contribution in [1.29, 1.82) is 0 Å². The van der Waals surface area contributed by atoms with Gasteiger partial charge < -0.3 is 28.8 Å². The van der Waals surface area contributed by atoms with Crippen molar-refractivity contribution in [2.45, 2.75) is 44.6 Å². The summed E-state index contributed by atoms with van der Waals surface area (Å²) in [6.45, 7) is 2.55.